The molecule has 0 aliphatic heterocycles. The van der Waals surface area contributed by atoms with Gasteiger partial charge in [-0.1, -0.05) is 11.6 Å². The van der Waals surface area contributed by atoms with Gasteiger partial charge in [-0.15, -0.1) is 0 Å². The summed E-state index contributed by atoms with van der Waals surface area (Å²) in [5, 5.41) is 19.1. The fourth-order valence-electron chi connectivity index (χ4n) is 1.96. The highest BCUT2D eigenvalue weighted by Gasteiger charge is 2.31. The minimum Gasteiger partial charge on any atom is -0.456 e. The molecular weight excluding hydrogens is 393 g/mol. The minimum atomic E-state index is -4.59. The van der Waals surface area contributed by atoms with E-state index in [1.54, 1.807) is 6.07 Å². The molecule has 11 heteroatoms. The van der Waals surface area contributed by atoms with Gasteiger partial charge in [-0.3, -0.25) is 10.1 Å². The number of esters is 1. The summed E-state index contributed by atoms with van der Waals surface area (Å²) in [5.41, 5.74) is -2.07. The van der Waals surface area contributed by atoms with E-state index in [1.165, 1.54) is 0 Å². The molecule has 7 nitrogen and oxygen atoms in total. The van der Waals surface area contributed by atoms with Gasteiger partial charge in [0.2, 0.25) is 0 Å². The van der Waals surface area contributed by atoms with E-state index in [1.807, 2.05) is 0 Å². The summed E-state index contributed by atoms with van der Waals surface area (Å²) in [4.78, 5) is 22.1. The molecule has 0 aliphatic rings. The second-order valence-electron chi connectivity index (χ2n) is 4.92. The van der Waals surface area contributed by atoms with Gasteiger partial charge in [-0.25, -0.2) is 4.79 Å². The number of hydrogen-bond donors (Lipinski definition) is 0. The van der Waals surface area contributed by atoms with Gasteiger partial charge in [0.05, 0.1) is 15.5 Å². The number of nitriles is 1. The van der Waals surface area contributed by atoms with Gasteiger partial charge in [0.25, 0.3) is 5.69 Å². The zero-order chi connectivity index (χ0) is 20.2. The first-order chi connectivity index (χ1) is 12.6. The summed E-state index contributed by atoms with van der Waals surface area (Å²) >= 11 is 5.78. The lowest BCUT2D eigenvalue weighted by atomic mass is 10.1. The highest BCUT2D eigenvalue weighted by Crippen LogP contribution is 2.37. The quantitative estimate of drug-likeness (QED) is 0.408. The van der Waals surface area contributed by atoms with E-state index in [4.69, 9.17) is 21.6 Å². The molecule has 0 amide bonds. The van der Waals surface area contributed by atoms with Crippen LogP contribution in [0.25, 0.3) is 0 Å². The second-order valence-corrected chi connectivity index (χ2v) is 5.32. The van der Waals surface area contributed by atoms with E-state index in [9.17, 15) is 28.1 Å². The molecule has 2 rings (SSSR count). The summed E-state index contributed by atoms with van der Waals surface area (Å²) in [6.07, 6.45) is -4.59. The summed E-state index contributed by atoms with van der Waals surface area (Å²) in [6.45, 7) is -0.619. The number of carbonyl (C=O) groups excluding carboxylic acids is 1. The smallest absolute Gasteiger partial charge is 0.416 e. The van der Waals surface area contributed by atoms with Gasteiger partial charge in [0, 0.05) is 12.1 Å². The van der Waals surface area contributed by atoms with E-state index in [0.29, 0.717) is 6.07 Å². The molecule has 27 heavy (non-hydrogen) atoms. The number of halogens is 4. The first-order valence-corrected chi connectivity index (χ1v) is 7.38. The Labute approximate surface area is 154 Å². The molecule has 0 heterocycles. The standard InChI is InChI=1S/C16H8ClF3N2O5/c17-12-7-9(16(18,19)20)1-4-14(12)27-10-2-3-13(22(24)25)11(8-10)15(23)26-6-5-21/h1-4,7-8H,6H2. The van der Waals surface area contributed by atoms with Crippen molar-refractivity contribution in [2.45, 2.75) is 6.18 Å². The third kappa shape index (κ3) is 4.86. The maximum Gasteiger partial charge on any atom is 0.416 e. The Balaban J connectivity index is 2.36. The molecule has 0 bridgehead atoms. The number of hydrogen-bond acceptors (Lipinski definition) is 6. The van der Waals surface area contributed by atoms with Crippen LogP contribution in [0.3, 0.4) is 0 Å². The van der Waals surface area contributed by atoms with Crippen molar-refractivity contribution in [3.05, 3.63) is 62.7 Å². The van der Waals surface area contributed by atoms with Crippen LogP contribution in [0, 0.1) is 21.4 Å². The van der Waals surface area contributed by atoms with Crippen LogP contribution in [0.5, 0.6) is 11.5 Å². The molecule has 0 spiro atoms. The van der Waals surface area contributed by atoms with Crippen molar-refractivity contribution in [3.63, 3.8) is 0 Å². The SMILES string of the molecule is N#CCOC(=O)c1cc(Oc2ccc(C(F)(F)F)cc2Cl)ccc1[N+](=O)[O-]. The van der Waals surface area contributed by atoms with Crippen LogP contribution in [0.15, 0.2) is 36.4 Å². The Hall–Kier alpha value is -3.32. The molecule has 0 N–H and O–H groups in total. The maximum atomic E-state index is 12.7. The minimum absolute atomic E-state index is 0.105. The number of nitrogens with zero attached hydrogens (tertiary/aromatic N) is 2. The number of alkyl halides is 3. The van der Waals surface area contributed by atoms with Gasteiger partial charge in [-0.2, -0.15) is 18.4 Å². The zero-order valence-corrected chi connectivity index (χ0v) is 13.9. The highest BCUT2D eigenvalue weighted by molar-refractivity contribution is 6.32. The van der Waals surface area contributed by atoms with Crippen molar-refractivity contribution in [1.82, 2.24) is 0 Å². The fraction of sp³-hybridized carbons (Fsp3) is 0.125. The van der Waals surface area contributed by atoms with Crippen LogP contribution in [-0.4, -0.2) is 17.5 Å². The molecule has 0 unspecified atom stereocenters. The number of carbonyl (C=O) groups is 1. The number of rotatable bonds is 5. The van der Waals surface area contributed by atoms with Crippen molar-refractivity contribution in [2.75, 3.05) is 6.61 Å². The van der Waals surface area contributed by atoms with Crippen molar-refractivity contribution < 1.29 is 32.4 Å². The molecule has 0 fully saturated rings. The Bertz CT molecular complexity index is 941. The first kappa shape index (κ1) is 20.0. The van der Waals surface area contributed by atoms with Crippen molar-refractivity contribution >= 4 is 23.3 Å². The summed E-state index contributed by atoms with van der Waals surface area (Å²) < 4.78 is 47.8. The largest absolute Gasteiger partial charge is 0.456 e. The van der Waals surface area contributed by atoms with E-state index in [2.05, 4.69) is 4.74 Å². The van der Waals surface area contributed by atoms with Crippen LogP contribution in [-0.2, 0) is 10.9 Å². The monoisotopic (exact) mass is 400 g/mol. The predicted molar refractivity (Wildman–Crippen MR) is 85.5 cm³/mol. The summed E-state index contributed by atoms with van der Waals surface area (Å²) in [7, 11) is 0. The van der Waals surface area contributed by atoms with E-state index >= 15 is 0 Å². The molecule has 0 aliphatic carbocycles. The van der Waals surface area contributed by atoms with Gasteiger partial charge >= 0.3 is 12.1 Å². The molecule has 2 aromatic carbocycles. The maximum absolute atomic E-state index is 12.7. The molecule has 0 radical (unpaired) electrons. The van der Waals surface area contributed by atoms with E-state index < -0.39 is 40.5 Å². The normalized spacial score (nSPS) is 10.8. The topological polar surface area (TPSA) is 102 Å². The third-order valence-electron chi connectivity index (χ3n) is 3.14. The van der Waals surface area contributed by atoms with Crippen molar-refractivity contribution in [3.8, 4) is 17.6 Å². The Morgan fingerprint density at radius 3 is 2.52 bits per heavy atom. The van der Waals surface area contributed by atoms with Crippen LogP contribution < -0.4 is 4.74 Å². The molecule has 0 aromatic heterocycles. The zero-order valence-electron chi connectivity index (χ0n) is 13.1. The lowest BCUT2D eigenvalue weighted by Crippen LogP contribution is -2.08. The van der Waals surface area contributed by atoms with E-state index in [0.717, 1.165) is 30.3 Å². The predicted octanol–water partition coefficient (Wildman–Crippen LogP) is 4.74. The summed E-state index contributed by atoms with van der Waals surface area (Å²) in [6, 6.07) is 6.97. The molecule has 140 valence electrons. The van der Waals surface area contributed by atoms with Crippen molar-refractivity contribution in [1.29, 1.82) is 5.26 Å². The van der Waals surface area contributed by atoms with Crippen LogP contribution in [0.4, 0.5) is 18.9 Å². The second kappa shape index (κ2) is 7.92. The lowest BCUT2D eigenvalue weighted by molar-refractivity contribution is -0.385. The fourth-order valence-corrected chi connectivity index (χ4v) is 2.18. The number of ether oxygens (including phenoxy) is 2. The van der Waals surface area contributed by atoms with Crippen LogP contribution in [0.2, 0.25) is 5.02 Å². The average molecular weight is 401 g/mol. The Morgan fingerprint density at radius 1 is 1.26 bits per heavy atom. The number of benzene rings is 2. The highest BCUT2D eigenvalue weighted by atomic mass is 35.5. The molecule has 2 aromatic rings. The van der Waals surface area contributed by atoms with Gasteiger partial charge in [-0.05, 0) is 24.3 Å². The number of nitro groups is 1. The van der Waals surface area contributed by atoms with Crippen LogP contribution in [0.1, 0.15) is 15.9 Å². The molecule has 0 atom stereocenters. The van der Waals surface area contributed by atoms with E-state index in [-0.39, 0.29) is 16.5 Å². The van der Waals surface area contributed by atoms with Gasteiger partial charge in [0.15, 0.2) is 6.61 Å². The van der Waals surface area contributed by atoms with Crippen LogP contribution >= 0.6 is 11.6 Å². The Morgan fingerprint density at radius 2 is 1.96 bits per heavy atom. The molecule has 0 saturated carbocycles. The molecule has 0 saturated heterocycles. The van der Waals surface area contributed by atoms with Crippen molar-refractivity contribution in [2.24, 2.45) is 0 Å². The number of nitro benzene ring substituents is 1. The third-order valence-corrected chi connectivity index (χ3v) is 3.43. The summed E-state index contributed by atoms with van der Waals surface area (Å²) in [5.74, 6) is -1.40. The first-order valence-electron chi connectivity index (χ1n) is 7.00. The van der Waals surface area contributed by atoms with Gasteiger partial charge in [0.1, 0.15) is 23.1 Å². The Kier molecular flexibility index (Phi) is 5.87. The lowest BCUT2D eigenvalue weighted by Gasteiger charge is -2.12. The average Bonchev–Trinajstić information content (AvgIpc) is 2.60. The molecular formula is C16H8ClF3N2O5. The van der Waals surface area contributed by atoms with Gasteiger partial charge < -0.3 is 9.47 Å².